The summed E-state index contributed by atoms with van der Waals surface area (Å²) in [6, 6.07) is 7.90. The van der Waals surface area contributed by atoms with Crippen molar-refractivity contribution in [3.8, 4) is 5.75 Å². The summed E-state index contributed by atoms with van der Waals surface area (Å²) < 4.78 is 5.12. The molecule has 1 aliphatic rings. The number of rotatable bonds is 7. The van der Waals surface area contributed by atoms with E-state index in [4.69, 9.17) is 9.84 Å². The summed E-state index contributed by atoms with van der Waals surface area (Å²) in [4.78, 5) is 14.1. The molecule has 5 heteroatoms. The van der Waals surface area contributed by atoms with Crippen LogP contribution in [0.25, 0.3) is 0 Å². The van der Waals surface area contributed by atoms with Gasteiger partial charge in [0.1, 0.15) is 5.75 Å². The van der Waals surface area contributed by atoms with E-state index in [0.29, 0.717) is 19.0 Å². The van der Waals surface area contributed by atoms with E-state index in [1.165, 1.54) is 5.56 Å². The van der Waals surface area contributed by atoms with Gasteiger partial charge in [-0.05, 0) is 56.0 Å². The van der Waals surface area contributed by atoms with Gasteiger partial charge in [0.2, 0.25) is 5.91 Å². The number of nitrogens with one attached hydrogen (secondary N) is 1. The molecular formula is C17H26N2O3. The number of carbonyl (C=O) groups is 1. The molecule has 0 aromatic heterocycles. The van der Waals surface area contributed by atoms with Crippen molar-refractivity contribution >= 4 is 5.91 Å². The first-order chi connectivity index (χ1) is 10.7. The lowest BCUT2D eigenvalue weighted by Gasteiger charge is -2.30. The molecule has 0 unspecified atom stereocenters. The molecule has 1 saturated heterocycles. The topological polar surface area (TPSA) is 61.8 Å². The largest absolute Gasteiger partial charge is 0.497 e. The molecule has 1 aromatic carbocycles. The van der Waals surface area contributed by atoms with E-state index < -0.39 is 0 Å². The number of aliphatic hydroxyl groups is 1. The van der Waals surface area contributed by atoms with Crippen LogP contribution in [0.5, 0.6) is 5.75 Å². The molecule has 1 heterocycles. The van der Waals surface area contributed by atoms with Crippen LogP contribution in [0.3, 0.4) is 0 Å². The van der Waals surface area contributed by atoms with Crippen LogP contribution in [0.4, 0.5) is 0 Å². The number of nitrogens with zero attached hydrogens (tertiary/aromatic N) is 1. The molecule has 122 valence electrons. The fraction of sp³-hybridized carbons (Fsp3) is 0.588. The maximum absolute atomic E-state index is 11.9. The third kappa shape index (κ3) is 5.31. The molecule has 0 atom stereocenters. The lowest BCUT2D eigenvalue weighted by molar-refractivity contribution is -0.122. The Hall–Kier alpha value is -1.59. The van der Waals surface area contributed by atoms with Crippen molar-refractivity contribution in [2.24, 2.45) is 5.92 Å². The fourth-order valence-corrected chi connectivity index (χ4v) is 2.72. The molecule has 2 rings (SSSR count). The van der Waals surface area contributed by atoms with E-state index in [2.05, 4.69) is 10.2 Å². The molecule has 1 aromatic rings. The number of hydrogen-bond donors (Lipinski definition) is 2. The third-order valence-corrected chi connectivity index (χ3v) is 4.23. The molecule has 1 aliphatic heterocycles. The van der Waals surface area contributed by atoms with Crippen molar-refractivity contribution in [3.63, 3.8) is 0 Å². The van der Waals surface area contributed by atoms with Crippen molar-refractivity contribution in [2.45, 2.75) is 19.3 Å². The fourth-order valence-electron chi connectivity index (χ4n) is 2.72. The molecule has 1 amide bonds. The molecule has 0 aliphatic carbocycles. The number of carbonyl (C=O) groups excluding carboxylic acids is 1. The number of piperidine rings is 1. The minimum atomic E-state index is 0.0796. The summed E-state index contributed by atoms with van der Waals surface area (Å²) in [6.07, 6.45) is 2.79. The molecule has 0 saturated carbocycles. The van der Waals surface area contributed by atoms with Crippen LogP contribution < -0.4 is 10.1 Å². The molecule has 0 radical (unpaired) electrons. The molecule has 22 heavy (non-hydrogen) atoms. The van der Waals surface area contributed by atoms with Crippen molar-refractivity contribution in [3.05, 3.63) is 29.8 Å². The van der Waals surface area contributed by atoms with Crippen LogP contribution in [-0.2, 0) is 11.2 Å². The Morgan fingerprint density at radius 2 is 2.00 bits per heavy atom. The maximum Gasteiger partial charge on any atom is 0.234 e. The van der Waals surface area contributed by atoms with Gasteiger partial charge < -0.3 is 15.2 Å². The van der Waals surface area contributed by atoms with Gasteiger partial charge in [-0.2, -0.15) is 0 Å². The summed E-state index contributed by atoms with van der Waals surface area (Å²) in [5.41, 5.74) is 1.19. The van der Waals surface area contributed by atoms with Crippen molar-refractivity contribution in [1.82, 2.24) is 10.2 Å². The maximum atomic E-state index is 11.9. The summed E-state index contributed by atoms with van der Waals surface area (Å²) in [6.45, 7) is 3.18. The van der Waals surface area contributed by atoms with Crippen LogP contribution in [0.2, 0.25) is 0 Å². The number of hydrogen-bond acceptors (Lipinski definition) is 4. The second-order valence-corrected chi connectivity index (χ2v) is 5.85. The van der Waals surface area contributed by atoms with Gasteiger partial charge >= 0.3 is 0 Å². The Kier molecular flexibility index (Phi) is 6.68. The average Bonchev–Trinajstić information content (AvgIpc) is 2.56. The number of aliphatic hydroxyl groups excluding tert-OH is 1. The van der Waals surface area contributed by atoms with E-state index in [1.807, 2.05) is 24.3 Å². The first-order valence-corrected chi connectivity index (χ1v) is 7.94. The minimum Gasteiger partial charge on any atom is -0.497 e. The summed E-state index contributed by atoms with van der Waals surface area (Å²) in [5, 5.41) is 12.1. The van der Waals surface area contributed by atoms with Crippen molar-refractivity contribution in [2.75, 3.05) is 39.9 Å². The molecule has 0 spiro atoms. The van der Waals surface area contributed by atoms with Gasteiger partial charge in [0, 0.05) is 13.2 Å². The molecular weight excluding hydrogens is 280 g/mol. The summed E-state index contributed by atoms with van der Waals surface area (Å²) >= 11 is 0. The lowest BCUT2D eigenvalue weighted by atomic mass is 9.98. The lowest BCUT2D eigenvalue weighted by Crippen LogP contribution is -2.42. The van der Waals surface area contributed by atoms with Crippen LogP contribution in [0.15, 0.2) is 24.3 Å². The Bertz CT molecular complexity index is 453. The highest BCUT2D eigenvalue weighted by Gasteiger charge is 2.19. The van der Waals surface area contributed by atoms with E-state index in [0.717, 1.165) is 38.1 Å². The van der Waals surface area contributed by atoms with Gasteiger partial charge in [-0.3, -0.25) is 9.69 Å². The number of methoxy groups -OCH3 is 1. The normalized spacial score (nSPS) is 16.5. The van der Waals surface area contributed by atoms with Gasteiger partial charge in [0.25, 0.3) is 0 Å². The summed E-state index contributed by atoms with van der Waals surface area (Å²) in [5.74, 6) is 1.34. The van der Waals surface area contributed by atoms with E-state index >= 15 is 0 Å². The van der Waals surface area contributed by atoms with Crippen LogP contribution in [0, 0.1) is 5.92 Å². The van der Waals surface area contributed by atoms with Crippen LogP contribution in [-0.4, -0.2) is 55.8 Å². The van der Waals surface area contributed by atoms with Gasteiger partial charge in [0.15, 0.2) is 0 Å². The number of benzene rings is 1. The second kappa shape index (κ2) is 8.76. The first-order valence-electron chi connectivity index (χ1n) is 7.94. The van der Waals surface area contributed by atoms with Crippen LogP contribution in [0.1, 0.15) is 18.4 Å². The average molecular weight is 306 g/mol. The number of likely N-dealkylation sites (tertiary alicyclic amines) is 1. The Balaban J connectivity index is 1.63. The van der Waals surface area contributed by atoms with Gasteiger partial charge in [-0.15, -0.1) is 0 Å². The number of ether oxygens (including phenoxy) is 1. The monoisotopic (exact) mass is 306 g/mol. The first kappa shape index (κ1) is 16.8. The smallest absolute Gasteiger partial charge is 0.234 e. The highest BCUT2D eigenvalue weighted by atomic mass is 16.5. The van der Waals surface area contributed by atoms with Crippen molar-refractivity contribution in [1.29, 1.82) is 0 Å². The van der Waals surface area contributed by atoms with Gasteiger partial charge in [-0.1, -0.05) is 12.1 Å². The highest BCUT2D eigenvalue weighted by Crippen LogP contribution is 2.15. The zero-order valence-electron chi connectivity index (χ0n) is 13.3. The zero-order chi connectivity index (χ0) is 15.8. The van der Waals surface area contributed by atoms with Crippen LogP contribution >= 0.6 is 0 Å². The van der Waals surface area contributed by atoms with Gasteiger partial charge in [0.05, 0.1) is 13.7 Å². The SMILES string of the molecule is COc1ccc(CCNC(=O)CN2CCC(CO)CC2)cc1. The quantitative estimate of drug-likeness (QED) is 0.791. The van der Waals surface area contributed by atoms with Gasteiger partial charge in [-0.25, -0.2) is 0 Å². The minimum absolute atomic E-state index is 0.0796. The Labute approximate surface area is 132 Å². The molecule has 1 fully saturated rings. The third-order valence-electron chi connectivity index (χ3n) is 4.23. The standard InChI is InChI=1S/C17H26N2O3/c1-22-16-4-2-14(3-5-16)6-9-18-17(21)12-19-10-7-15(13-20)8-11-19/h2-5,15,20H,6-13H2,1H3,(H,18,21). The van der Waals surface area contributed by atoms with Crippen molar-refractivity contribution < 1.29 is 14.6 Å². The number of amides is 1. The predicted molar refractivity (Wildman–Crippen MR) is 86.0 cm³/mol. The Morgan fingerprint density at radius 3 is 2.59 bits per heavy atom. The summed E-state index contributed by atoms with van der Waals surface area (Å²) in [7, 11) is 1.65. The predicted octanol–water partition coefficient (Wildman–Crippen LogP) is 1.06. The van der Waals surface area contributed by atoms with E-state index in [-0.39, 0.29) is 12.5 Å². The Morgan fingerprint density at radius 1 is 1.32 bits per heavy atom. The molecule has 2 N–H and O–H groups in total. The second-order valence-electron chi connectivity index (χ2n) is 5.85. The molecule has 5 nitrogen and oxygen atoms in total. The molecule has 0 bridgehead atoms. The zero-order valence-corrected chi connectivity index (χ0v) is 13.3. The highest BCUT2D eigenvalue weighted by molar-refractivity contribution is 5.78. The van der Waals surface area contributed by atoms with E-state index in [9.17, 15) is 4.79 Å². The van der Waals surface area contributed by atoms with E-state index in [1.54, 1.807) is 7.11 Å².